The van der Waals surface area contributed by atoms with E-state index in [-0.39, 0.29) is 0 Å². The molecule has 0 aliphatic rings. The van der Waals surface area contributed by atoms with Crippen molar-refractivity contribution in [3.63, 3.8) is 0 Å². The van der Waals surface area contributed by atoms with E-state index in [9.17, 15) is 15.0 Å². The van der Waals surface area contributed by atoms with Gasteiger partial charge in [-0.05, 0) is 24.1 Å². The van der Waals surface area contributed by atoms with E-state index in [2.05, 4.69) is 11.7 Å². The number of ether oxygens (including phenoxy) is 2. The standard InChI is InChI=1S/C15H22O5/c1-3-4-5-10-20-12-8-6-11(7-9-12)13(16)14(17)15(18)19-2/h6-9,13-14,16-17H,3-5,10H2,1-2H3. The molecule has 0 amide bonds. The number of unbranched alkanes of at least 4 members (excludes halogenated alkanes) is 2. The second kappa shape index (κ2) is 8.55. The van der Waals surface area contributed by atoms with Crippen molar-refractivity contribution in [2.75, 3.05) is 13.7 Å². The van der Waals surface area contributed by atoms with Crippen molar-refractivity contribution in [3.05, 3.63) is 29.8 Å². The smallest absolute Gasteiger partial charge is 0.337 e. The van der Waals surface area contributed by atoms with Gasteiger partial charge in [0.05, 0.1) is 13.7 Å². The molecule has 2 N–H and O–H groups in total. The van der Waals surface area contributed by atoms with Crippen molar-refractivity contribution in [2.45, 2.75) is 38.4 Å². The topological polar surface area (TPSA) is 76.0 Å². The fourth-order valence-corrected chi connectivity index (χ4v) is 1.74. The fraction of sp³-hybridized carbons (Fsp3) is 0.533. The molecule has 2 unspecified atom stereocenters. The van der Waals surface area contributed by atoms with Crippen molar-refractivity contribution in [3.8, 4) is 5.75 Å². The van der Waals surface area contributed by atoms with Gasteiger partial charge in [0.2, 0.25) is 0 Å². The minimum atomic E-state index is -1.59. The van der Waals surface area contributed by atoms with E-state index in [0.29, 0.717) is 17.9 Å². The Morgan fingerprint density at radius 3 is 2.40 bits per heavy atom. The molecule has 0 aliphatic heterocycles. The highest BCUT2D eigenvalue weighted by molar-refractivity contribution is 5.75. The van der Waals surface area contributed by atoms with E-state index in [0.717, 1.165) is 26.4 Å². The normalized spacial score (nSPS) is 13.6. The molecule has 5 nitrogen and oxygen atoms in total. The van der Waals surface area contributed by atoms with Crippen LogP contribution >= 0.6 is 0 Å². The van der Waals surface area contributed by atoms with Crippen LogP contribution in [0, 0.1) is 0 Å². The second-order valence-electron chi connectivity index (χ2n) is 4.54. The van der Waals surface area contributed by atoms with Gasteiger partial charge in [0, 0.05) is 0 Å². The summed E-state index contributed by atoms with van der Waals surface area (Å²) in [6, 6.07) is 6.64. The lowest BCUT2D eigenvalue weighted by molar-refractivity contribution is -0.156. The Morgan fingerprint density at radius 1 is 1.20 bits per heavy atom. The molecule has 0 spiro atoms. The average molecular weight is 282 g/mol. The summed E-state index contributed by atoms with van der Waals surface area (Å²) < 4.78 is 9.92. The third kappa shape index (κ3) is 4.83. The number of benzene rings is 1. The molecule has 0 fully saturated rings. The van der Waals surface area contributed by atoms with Crippen molar-refractivity contribution in [2.24, 2.45) is 0 Å². The highest BCUT2D eigenvalue weighted by atomic mass is 16.5. The molecule has 0 bridgehead atoms. The van der Waals surface area contributed by atoms with Crippen LogP contribution in [-0.2, 0) is 9.53 Å². The van der Waals surface area contributed by atoms with Gasteiger partial charge in [-0.2, -0.15) is 0 Å². The SMILES string of the molecule is CCCCCOc1ccc(C(O)C(O)C(=O)OC)cc1. The molecule has 20 heavy (non-hydrogen) atoms. The number of aliphatic hydroxyl groups is 2. The van der Waals surface area contributed by atoms with E-state index in [4.69, 9.17) is 4.74 Å². The van der Waals surface area contributed by atoms with E-state index in [1.807, 2.05) is 0 Å². The zero-order valence-corrected chi connectivity index (χ0v) is 11.9. The van der Waals surface area contributed by atoms with Gasteiger partial charge in [0.25, 0.3) is 0 Å². The predicted molar refractivity (Wildman–Crippen MR) is 74.4 cm³/mol. The maximum absolute atomic E-state index is 11.1. The number of methoxy groups -OCH3 is 1. The van der Waals surface area contributed by atoms with Gasteiger partial charge >= 0.3 is 5.97 Å². The second-order valence-corrected chi connectivity index (χ2v) is 4.54. The first-order chi connectivity index (χ1) is 9.60. The van der Waals surface area contributed by atoms with Gasteiger partial charge in [0.1, 0.15) is 11.9 Å². The molecule has 112 valence electrons. The lowest BCUT2D eigenvalue weighted by Crippen LogP contribution is -2.28. The number of hydrogen-bond acceptors (Lipinski definition) is 5. The first-order valence-electron chi connectivity index (χ1n) is 6.76. The van der Waals surface area contributed by atoms with Gasteiger partial charge in [-0.25, -0.2) is 4.79 Å². The molecule has 0 aromatic heterocycles. The maximum Gasteiger partial charge on any atom is 0.337 e. The Hall–Kier alpha value is -1.59. The Balaban J connectivity index is 2.55. The number of carbonyl (C=O) groups excluding carboxylic acids is 1. The first-order valence-corrected chi connectivity index (χ1v) is 6.76. The zero-order valence-electron chi connectivity index (χ0n) is 11.9. The van der Waals surface area contributed by atoms with E-state index in [1.54, 1.807) is 24.3 Å². The first kappa shape index (κ1) is 16.5. The van der Waals surface area contributed by atoms with Crippen LogP contribution in [-0.4, -0.2) is 36.0 Å². The molecular weight excluding hydrogens is 260 g/mol. The van der Waals surface area contributed by atoms with E-state index >= 15 is 0 Å². The van der Waals surface area contributed by atoms with Crippen LogP contribution in [0.4, 0.5) is 0 Å². The number of aliphatic hydroxyl groups excluding tert-OH is 2. The minimum Gasteiger partial charge on any atom is -0.494 e. The molecule has 0 heterocycles. The fourth-order valence-electron chi connectivity index (χ4n) is 1.74. The third-order valence-electron chi connectivity index (χ3n) is 2.98. The van der Waals surface area contributed by atoms with Crippen LogP contribution in [0.5, 0.6) is 5.75 Å². The summed E-state index contributed by atoms with van der Waals surface area (Å²) in [7, 11) is 1.16. The number of esters is 1. The summed E-state index contributed by atoms with van der Waals surface area (Å²) in [5.41, 5.74) is 0.434. The van der Waals surface area contributed by atoms with Crippen LogP contribution in [0.3, 0.4) is 0 Å². The van der Waals surface area contributed by atoms with Crippen LogP contribution in [0.1, 0.15) is 37.9 Å². The van der Waals surface area contributed by atoms with Crippen LogP contribution in [0.15, 0.2) is 24.3 Å². The molecule has 1 aromatic carbocycles. The number of hydrogen-bond donors (Lipinski definition) is 2. The Labute approximate surface area is 119 Å². The molecule has 2 atom stereocenters. The largest absolute Gasteiger partial charge is 0.494 e. The van der Waals surface area contributed by atoms with Gasteiger partial charge in [0.15, 0.2) is 6.10 Å². The number of rotatable bonds is 8. The molecule has 0 saturated heterocycles. The quantitative estimate of drug-likeness (QED) is 0.562. The van der Waals surface area contributed by atoms with Crippen LogP contribution in [0.25, 0.3) is 0 Å². The summed E-state index contributed by atoms with van der Waals surface area (Å²) >= 11 is 0. The third-order valence-corrected chi connectivity index (χ3v) is 2.98. The monoisotopic (exact) mass is 282 g/mol. The van der Waals surface area contributed by atoms with Crippen molar-refractivity contribution >= 4 is 5.97 Å². The van der Waals surface area contributed by atoms with Crippen molar-refractivity contribution < 1.29 is 24.5 Å². The van der Waals surface area contributed by atoms with Gasteiger partial charge < -0.3 is 19.7 Å². The highest BCUT2D eigenvalue weighted by Gasteiger charge is 2.26. The molecule has 1 rings (SSSR count). The molecule has 0 saturated carbocycles. The summed E-state index contributed by atoms with van der Waals surface area (Å²) in [6.07, 6.45) is 0.372. The Bertz CT molecular complexity index is 401. The molecular formula is C15H22O5. The highest BCUT2D eigenvalue weighted by Crippen LogP contribution is 2.21. The molecule has 1 aromatic rings. The van der Waals surface area contributed by atoms with Crippen molar-refractivity contribution in [1.29, 1.82) is 0 Å². The average Bonchev–Trinajstić information content (AvgIpc) is 2.50. The van der Waals surface area contributed by atoms with Crippen molar-refractivity contribution in [1.82, 2.24) is 0 Å². The predicted octanol–water partition coefficient (Wildman–Crippen LogP) is 1.82. The van der Waals surface area contributed by atoms with Gasteiger partial charge in [-0.1, -0.05) is 31.9 Å². The lowest BCUT2D eigenvalue weighted by Gasteiger charge is -2.16. The Kier molecular flexibility index (Phi) is 7.04. The van der Waals surface area contributed by atoms with Gasteiger partial charge in [-0.3, -0.25) is 0 Å². The van der Waals surface area contributed by atoms with E-state index < -0.39 is 18.2 Å². The van der Waals surface area contributed by atoms with Crippen LogP contribution in [0.2, 0.25) is 0 Å². The minimum absolute atomic E-state index is 0.434. The van der Waals surface area contributed by atoms with Crippen LogP contribution < -0.4 is 4.74 Å². The number of carbonyl (C=O) groups is 1. The summed E-state index contributed by atoms with van der Waals surface area (Å²) in [5.74, 6) is -0.165. The lowest BCUT2D eigenvalue weighted by atomic mass is 10.0. The maximum atomic E-state index is 11.1. The zero-order chi connectivity index (χ0) is 15.0. The Morgan fingerprint density at radius 2 is 1.85 bits per heavy atom. The summed E-state index contributed by atoms with van der Waals surface area (Å²) in [5, 5.41) is 19.4. The summed E-state index contributed by atoms with van der Waals surface area (Å²) in [6.45, 7) is 2.78. The summed E-state index contributed by atoms with van der Waals surface area (Å²) in [4.78, 5) is 11.1. The molecule has 0 aliphatic carbocycles. The van der Waals surface area contributed by atoms with Gasteiger partial charge in [-0.15, -0.1) is 0 Å². The molecule has 5 heteroatoms. The van der Waals surface area contributed by atoms with E-state index in [1.165, 1.54) is 0 Å². The molecule has 0 radical (unpaired) electrons.